The molecule has 196 valence electrons. The molecule has 1 aromatic carbocycles. The van der Waals surface area contributed by atoms with Crippen molar-refractivity contribution in [1.29, 1.82) is 0 Å². The normalized spacial score (nSPS) is 13.9. The van der Waals surface area contributed by atoms with Crippen LogP contribution in [0.2, 0.25) is 0 Å². The molecule has 0 aliphatic heterocycles. The van der Waals surface area contributed by atoms with E-state index in [1.54, 1.807) is 43.8 Å². The molecule has 0 aliphatic carbocycles. The van der Waals surface area contributed by atoms with E-state index in [-0.39, 0.29) is 11.6 Å². The number of nitrogens with zero attached hydrogens (tertiary/aromatic N) is 2. The average Bonchev–Trinajstić information content (AvgIpc) is 3.40. The van der Waals surface area contributed by atoms with Gasteiger partial charge >= 0.3 is 5.97 Å². The molecule has 3 rings (SSSR count). The summed E-state index contributed by atoms with van der Waals surface area (Å²) in [5.41, 5.74) is 5.12. The van der Waals surface area contributed by atoms with Gasteiger partial charge in [0.25, 0.3) is 5.91 Å². The third-order valence-electron chi connectivity index (χ3n) is 6.22. The van der Waals surface area contributed by atoms with E-state index in [1.165, 1.54) is 0 Å². The molecule has 2 heterocycles. The van der Waals surface area contributed by atoms with Crippen LogP contribution >= 0.6 is 0 Å². The molecule has 0 aliphatic rings. The number of methoxy groups -OCH3 is 1. The number of benzene rings is 1. The van der Waals surface area contributed by atoms with Crippen molar-refractivity contribution in [1.82, 2.24) is 9.97 Å². The van der Waals surface area contributed by atoms with Crippen molar-refractivity contribution in [2.24, 2.45) is 11.7 Å². The van der Waals surface area contributed by atoms with Crippen LogP contribution in [0.4, 0.5) is 0 Å². The van der Waals surface area contributed by atoms with Crippen molar-refractivity contribution in [2.45, 2.75) is 31.1 Å². The van der Waals surface area contributed by atoms with Gasteiger partial charge in [0, 0.05) is 26.1 Å². The lowest BCUT2D eigenvalue weighted by molar-refractivity contribution is -0.145. The molecule has 0 fully saturated rings. The summed E-state index contributed by atoms with van der Waals surface area (Å²) < 4.78 is 16.3. The predicted octanol–water partition coefficient (Wildman–Crippen LogP) is 4.09. The molecule has 0 saturated heterocycles. The molecule has 0 saturated carbocycles. The second-order valence-corrected chi connectivity index (χ2v) is 8.59. The minimum atomic E-state index is -1.64. The highest BCUT2D eigenvalue weighted by atomic mass is 16.5. The zero-order valence-electron chi connectivity index (χ0n) is 20.9. The van der Waals surface area contributed by atoms with Crippen molar-refractivity contribution >= 4 is 18.0 Å². The van der Waals surface area contributed by atoms with Gasteiger partial charge in [-0.1, -0.05) is 48.6 Å². The van der Waals surface area contributed by atoms with E-state index < -0.39 is 23.2 Å². The number of oxazole rings is 1. The number of allylic oxidation sites excluding steroid dienone is 1. The van der Waals surface area contributed by atoms with E-state index in [2.05, 4.69) is 9.97 Å². The number of hydrogen-bond acceptors (Lipinski definition) is 7. The number of hydrogen-bond donors (Lipinski definition) is 2. The van der Waals surface area contributed by atoms with Crippen molar-refractivity contribution in [3.8, 4) is 0 Å². The maximum absolute atomic E-state index is 13.2. The Bertz CT molecular complexity index is 1150. The Morgan fingerprint density at radius 1 is 1.14 bits per heavy atom. The Labute approximate surface area is 216 Å². The lowest BCUT2D eigenvalue weighted by Crippen LogP contribution is -2.45. The molecule has 3 aromatic rings. The number of carboxylic acid groups (broad SMARTS) is 1. The fourth-order valence-corrected chi connectivity index (χ4v) is 4.44. The summed E-state index contributed by atoms with van der Waals surface area (Å²) in [4.78, 5) is 33.3. The smallest absolute Gasteiger partial charge is 0.323 e. The van der Waals surface area contributed by atoms with E-state index in [0.717, 1.165) is 11.8 Å². The summed E-state index contributed by atoms with van der Waals surface area (Å²) in [7, 11) is 1.61. The van der Waals surface area contributed by atoms with Gasteiger partial charge in [-0.2, -0.15) is 0 Å². The van der Waals surface area contributed by atoms with Crippen molar-refractivity contribution in [3.63, 3.8) is 0 Å². The summed E-state index contributed by atoms with van der Waals surface area (Å²) in [6.07, 6.45) is 10.8. The molecule has 0 radical (unpaired) electrons. The highest BCUT2D eigenvalue weighted by molar-refractivity contribution is 5.91. The van der Waals surface area contributed by atoms with Crippen LogP contribution in [0.25, 0.3) is 6.08 Å². The number of carbonyl (C=O) groups excluding carboxylic acids is 1. The van der Waals surface area contributed by atoms with Crippen LogP contribution in [0.1, 0.15) is 53.2 Å². The fraction of sp³-hybridized carbons (Fsp3) is 0.357. The standard InChI is InChI=1S/C28H33N3O6/c1-35-17-18-36-16-8-14-23(13-6-5-9-21-10-7-15-30-19-21)28(27(33)34,22-11-3-2-4-12-22)26-31-24(20-37-26)25(29)32/h2-5,7,9-12,15,19-20,23H,6,8,13-14,16-18H2,1H3,(H2,29,32)(H,33,34). The van der Waals surface area contributed by atoms with Gasteiger partial charge in [0.15, 0.2) is 11.1 Å². The van der Waals surface area contributed by atoms with Crippen molar-refractivity contribution in [2.75, 3.05) is 26.9 Å². The van der Waals surface area contributed by atoms with Crippen LogP contribution in [-0.4, -0.2) is 53.9 Å². The Kier molecular flexibility index (Phi) is 10.5. The molecule has 2 atom stereocenters. The third-order valence-corrected chi connectivity index (χ3v) is 6.22. The average molecular weight is 508 g/mol. The van der Waals surface area contributed by atoms with Crippen LogP contribution in [-0.2, 0) is 19.7 Å². The molecular formula is C28H33N3O6. The molecular weight excluding hydrogens is 474 g/mol. The minimum absolute atomic E-state index is 0.0680. The second-order valence-electron chi connectivity index (χ2n) is 8.59. The van der Waals surface area contributed by atoms with Crippen molar-refractivity contribution < 1.29 is 28.6 Å². The van der Waals surface area contributed by atoms with Gasteiger partial charge in [-0.25, -0.2) is 4.98 Å². The Morgan fingerprint density at radius 3 is 2.59 bits per heavy atom. The first-order chi connectivity index (χ1) is 18.0. The Balaban J connectivity index is 1.97. The predicted molar refractivity (Wildman–Crippen MR) is 138 cm³/mol. The zero-order valence-corrected chi connectivity index (χ0v) is 20.9. The Hall–Kier alpha value is -3.82. The number of pyridine rings is 1. The summed E-state index contributed by atoms with van der Waals surface area (Å²) >= 11 is 0. The molecule has 2 aromatic heterocycles. The molecule has 2 unspecified atom stereocenters. The van der Waals surface area contributed by atoms with E-state index in [4.69, 9.17) is 19.6 Å². The van der Waals surface area contributed by atoms with Crippen LogP contribution in [0.15, 0.2) is 71.6 Å². The molecule has 0 spiro atoms. The van der Waals surface area contributed by atoms with Gasteiger partial charge in [0.2, 0.25) is 5.89 Å². The SMILES string of the molecule is COCCOCCCC(CCC=Cc1cccnc1)C(C(=O)O)(c1ccccc1)c1nc(C(N)=O)co1. The monoisotopic (exact) mass is 507 g/mol. The number of amides is 1. The van der Waals surface area contributed by atoms with E-state index in [1.807, 2.05) is 30.4 Å². The Morgan fingerprint density at radius 2 is 1.95 bits per heavy atom. The van der Waals surface area contributed by atoms with E-state index in [0.29, 0.717) is 51.1 Å². The lowest BCUT2D eigenvalue weighted by Gasteiger charge is -2.35. The van der Waals surface area contributed by atoms with Crippen LogP contribution in [0, 0.1) is 5.92 Å². The fourth-order valence-electron chi connectivity index (χ4n) is 4.44. The van der Waals surface area contributed by atoms with Gasteiger partial charge in [0.05, 0.1) is 13.2 Å². The zero-order chi connectivity index (χ0) is 26.5. The van der Waals surface area contributed by atoms with Gasteiger partial charge in [-0.05, 0) is 48.8 Å². The van der Waals surface area contributed by atoms with E-state index >= 15 is 0 Å². The minimum Gasteiger partial charge on any atom is -0.480 e. The topological polar surface area (TPSA) is 138 Å². The van der Waals surface area contributed by atoms with Crippen molar-refractivity contribution in [3.05, 3.63) is 89.9 Å². The molecule has 3 N–H and O–H groups in total. The molecule has 1 amide bonds. The summed E-state index contributed by atoms with van der Waals surface area (Å²) in [5, 5.41) is 10.8. The first-order valence-corrected chi connectivity index (χ1v) is 12.2. The molecule has 37 heavy (non-hydrogen) atoms. The van der Waals surface area contributed by atoms with Gasteiger partial charge in [-0.3, -0.25) is 14.6 Å². The van der Waals surface area contributed by atoms with Gasteiger partial charge in [-0.15, -0.1) is 0 Å². The van der Waals surface area contributed by atoms with Gasteiger partial charge < -0.3 is 24.7 Å². The third kappa shape index (κ3) is 7.12. The molecule has 9 nitrogen and oxygen atoms in total. The number of primary amides is 1. The molecule has 9 heteroatoms. The largest absolute Gasteiger partial charge is 0.480 e. The van der Waals surface area contributed by atoms with Crippen LogP contribution in [0.5, 0.6) is 0 Å². The number of aromatic nitrogens is 2. The second kappa shape index (κ2) is 14.1. The van der Waals surface area contributed by atoms with E-state index in [9.17, 15) is 14.7 Å². The molecule has 0 bridgehead atoms. The van der Waals surface area contributed by atoms with Gasteiger partial charge in [0.1, 0.15) is 6.26 Å². The number of aliphatic carboxylic acids is 1. The number of carboxylic acids is 1. The quantitative estimate of drug-likeness (QED) is 0.277. The number of ether oxygens (including phenoxy) is 2. The number of rotatable bonds is 16. The first kappa shape index (κ1) is 27.8. The maximum Gasteiger partial charge on any atom is 0.323 e. The highest BCUT2D eigenvalue weighted by Gasteiger charge is 2.52. The number of nitrogens with two attached hydrogens (primary N) is 1. The lowest BCUT2D eigenvalue weighted by atomic mass is 9.66. The maximum atomic E-state index is 13.2. The summed E-state index contributed by atoms with van der Waals surface area (Å²) in [6.45, 7) is 1.39. The first-order valence-electron chi connectivity index (χ1n) is 12.2. The highest BCUT2D eigenvalue weighted by Crippen LogP contribution is 2.44. The summed E-state index contributed by atoms with van der Waals surface area (Å²) in [5.74, 6) is -2.40. The number of carbonyl (C=O) groups is 2. The summed E-state index contributed by atoms with van der Waals surface area (Å²) in [6, 6.07) is 12.7. The van der Waals surface area contributed by atoms with Crippen LogP contribution < -0.4 is 5.73 Å². The van der Waals surface area contributed by atoms with Crippen LogP contribution in [0.3, 0.4) is 0 Å².